The molecule has 0 radical (unpaired) electrons. The van der Waals surface area contributed by atoms with Crippen LogP contribution in [0.2, 0.25) is 0 Å². The van der Waals surface area contributed by atoms with Crippen molar-refractivity contribution in [2.45, 2.75) is 45.2 Å². The molecule has 5 nitrogen and oxygen atoms in total. The first-order chi connectivity index (χ1) is 6.57. The van der Waals surface area contributed by atoms with Gasteiger partial charge in [0.2, 0.25) is 5.82 Å². The summed E-state index contributed by atoms with van der Waals surface area (Å²) in [5, 5.41) is 14.9. The van der Waals surface area contributed by atoms with Crippen LogP contribution >= 0.6 is 0 Å². The van der Waals surface area contributed by atoms with Crippen LogP contribution in [0.1, 0.15) is 45.5 Å². The van der Waals surface area contributed by atoms with Gasteiger partial charge in [-0.3, -0.25) is 0 Å². The maximum atomic E-state index is 4.43. The molecule has 0 spiro atoms. The van der Waals surface area contributed by atoms with E-state index in [1.807, 2.05) is 0 Å². The molecule has 2 rings (SSSR count). The minimum Gasteiger partial charge on any atom is -0.337 e. The van der Waals surface area contributed by atoms with Crippen molar-refractivity contribution in [3.63, 3.8) is 0 Å². The molecule has 1 fully saturated rings. The summed E-state index contributed by atoms with van der Waals surface area (Å²) in [6.07, 6.45) is 2.44. The molecule has 0 amide bonds. The summed E-state index contributed by atoms with van der Waals surface area (Å²) in [6.45, 7) is 7.43. The molecular weight excluding hydrogens is 178 g/mol. The second-order valence-electron chi connectivity index (χ2n) is 4.88. The average Bonchev–Trinajstić information content (AvgIpc) is 2.73. The molecule has 0 bridgehead atoms. The lowest BCUT2D eigenvalue weighted by molar-refractivity contribution is -0.677. The summed E-state index contributed by atoms with van der Waals surface area (Å²) in [4.78, 5) is 1.70. The maximum Gasteiger partial charge on any atom is 0.231 e. The van der Waals surface area contributed by atoms with E-state index < -0.39 is 0 Å². The smallest absolute Gasteiger partial charge is 0.231 e. The molecule has 1 aliphatic rings. The predicted octanol–water partition coefficient (Wildman–Crippen LogP) is -0.174. The highest BCUT2D eigenvalue weighted by molar-refractivity contribution is 4.86. The fourth-order valence-corrected chi connectivity index (χ4v) is 1.67. The van der Waals surface area contributed by atoms with Gasteiger partial charge in [0.15, 0.2) is 6.04 Å². The van der Waals surface area contributed by atoms with Crippen LogP contribution in [-0.4, -0.2) is 26.8 Å². The summed E-state index contributed by atoms with van der Waals surface area (Å²) in [5.41, 5.74) is -0.0656. The predicted molar refractivity (Wildman–Crippen MR) is 51.6 cm³/mol. The SMILES string of the molecule is CC(C)(C)n1nnc([C@H]2CCC[NH2+]2)n1. The molecule has 1 saturated heterocycles. The van der Waals surface area contributed by atoms with Crippen molar-refractivity contribution in [3.8, 4) is 0 Å². The Morgan fingerprint density at radius 3 is 2.71 bits per heavy atom. The molecule has 0 saturated carbocycles. The number of tetrazole rings is 1. The Hall–Kier alpha value is -0.970. The van der Waals surface area contributed by atoms with Gasteiger partial charge in [-0.25, -0.2) is 0 Å². The van der Waals surface area contributed by atoms with E-state index >= 15 is 0 Å². The van der Waals surface area contributed by atoms with Gasteiger partial charge in [-0.05, 0) is 26.0 Å². The van der Waals surface area contributed by atoms with E-state index in [0.717, 1.165) is 5.82 Å². The van der Waals surface area contributed by atoms with Crippen LogP contribution in [0.5, 0.6) is 0 Å². The highest BCUT2D eigenvalue weighted by atomic mass is 15.6. The molecule has 0 unspecified atom stereocenters. The van der Waals surface area contributed by atoms with E-state index in [2.05, 4.69) is 41.5 Å². The maximum absolute atomic E-state index is 4.43. The minimum absolute atomic E-state index is 0.0656. The second-order valence-corrected chi connectivity index (χ2v) is 4.88. The molecule has 5 heteroatoms. The van der Waals surface area contributed by atoms with Gasteiger partial charge in [-0.2, -0.15) is 4.80 Å². The average molecular weight is 196 g/mol. The highest BCUT2D eigenvalue weighted by Crippen LogP contribution is 2.15. The van der Waals surface area contributed by atoms with E-state index in [1.54, 1.807) is 4.80 Å². The number of aromatic nitrogens is 4. The third-order valence-corrected chi connectivity index (χ3v) is 2.53. The molecule has 0 aromatic carbocycles. The zero-order chi connectivity index (χ0) is 10.2. The Morgan fingerprint density at radius 2 is 2.21 bits per heavy atom. The lowest BCUT2D eigenvalue weighted by atomic mass is 10.1. The quantitative estimate of drug-likeness (QED) is 0.678. The summed E-state index contributed by atoms with van der Waals surface area (Å²) in [6, 6.07) is 0.436. The molecule has 0 aliphatic carbocycles. The van der Waals surface area contributed by atoms with Crippen molar-refractivity contribution in [1.29, 1.82) is 0 Å². The van der Waals surface area contributed by atoms with Crippen LogP contribution in [0, 0.1) is 0 Å². The Morgan fingerprint density at radius 1 is 1.43 bits per heavy atom. The monoisotopic (exact) mass is 196 g/mol. The van der Waals surface area contributed by atoms with Gasteiger partial charge >= 0.3 is 0 Å². The first-order valence-corrected chi connectivity index (χ1v) is 5.21. The molecule has 2 N–H and O–H groups in total. The number of hydrogen-bond acceptors (Lipinski definition) is 3. The Balaban J connectivity index is 2.17. The highest BCUT2D eigenvalue weighted by Gasteiger charge is 2.26. The first-order valence-electron chi connectivity index (χ1n) is 5.21. The van der Waals surface area contributed by atoms with Gasteiger partial charge < -0.3 is 5.32 Å². The van der Waals surface area contributed by atoms with Crippen molar-refractivity contribution in [3.05, 3.63) is 5.82 Å². The molecular formula is C9H18N5+. The van der Waals surface area contributed by atoms with Crippen molar-refractivity contribution >= 4 is 0 Å². The topological polar surface area (TPSA) is 60.2 Å². The summed E-state index contributed by atoms with van der Waals surface area (Å²) < 4.78 is 0. The third kappa shape index (κ3) is 1.77. The summed E-state index contributed by atoms with van der Waals surface area (Å²) in [5.74, 6) is 0.887. The molecule has 78 valence electrons. The van der Waals surface area contributed by atoms with Crippen LogP contribution in [0.15, 0.2) is 0 Å². The van der Waals surface area contributed by atoms with Gasteiger partial charge in [-0.1, -0.05) is 0 Å². The van der Waals surface area contributed by atoms with Gasteiger partial charge in [-0.15, -0.1) is 10.2 Å². The molecule has 1 aliphatic heterocycles. The molecule has 1 aromatic rings. The minimum atomic E-state index is -0.0656. The number of nitrogens with two attached hydrogens (primary N) is 1. The first kappa shape index (κ1) is 9.58. The normalized spacial score (nSPS) is 22.9. The number of quaternary nitrogens is 1. The fourth-order valence-electron chi connectivity index (χ4n) is 1.67. The van der Waals surface area contributed by atoms with Gasteiger partial charge in [0.1, 0.15) is 0 Å². The standard InChI is InChI=1S/C9H17N5/c1-9(2,3)14-12-8(11-13-14)7-5-4-6-10-7/h7,10H,4-6H2,1-3H3/p+1/t7-/m1/s1. The van der Waals surface area contributed by atoms with Crippen molar-refractivity contribution < 1.29 is 5.32 Å². The van der Waals surface area contributed by atoms with E-state index in [1.165, 1.54) is 19.4 Å². The zero-order valence-corrected chi connectivity index (χ0v) is 9.06. The van der Waals surface area contributed by atoms with Crippen molar-refractivity contribution in [2.24, 2.45) is 0 Å². The Labute approximate surface area is 83.9 Å². The Kier molecular flexibility index (Phi) is 2.26. The molecule has 14 heavy (non-hydrogen) atoms. The van der Waals surface area contributed by atoms with Crippen LogP contribution in [0.25, 0.3) is 0 Å². The van der Waals surface area contributed by atoms with E-state index in [0.29, 0.717) is 6.04 Å². The fraction of sp³-hybridized carbons (Fsp3) is 0.889. The van der Waals surface area contributed by atoms with Crippen LogP contribution in [0.3, 0.4) is 0 Å². The van der Waals surface area contributed by atoms with Crippen molar-refractivity contribution in [2.75, 3.05) is 6.54 Å². The molecule has 2 heterocycles. The third-order valence-electron chi connectivity index (χ3n) is 2.53. The molecule has 1 aromatic heterocycles. The number of hydrogen-bond donors (Lipinski definition) is 1. The summed E-state index contributed by atoms with van der Waals surface area (Å²) in [7, 11) is 0. The largest absolute Gasteiger partial charge is 0.337 e. The van der Waals surface area contributed by atoms with Gasteiger partial charge in [0.25, 0.3) is 0 Å². The summed E-state index contributed by atoms with van der Waals surface area (Å²) >= 11 is 0. The van der Waals surface area contributed by atoms with E-state index in [-0.39, 0.29) is 5.54 Å². The lowest BCUT2D eigenvalue weighted by Crippen LogP contribution is -2.82. The second kappa shape index (κ2) is 3.31. The van der Waals surface area contributed by atoms with Gasteiger partial charge in [0, 0.05) is 12.8 Å². The van der Waals surface area contributed by atoms with E-state index in [9.17, 15) is 0 Å². The van der Waals surface area contributed by atoms with Crippen LogP contribution in [-0.2, 0) is 5.54 Å². The van der Waals surface area contributed by atoms with Crippen LogP contribution < -0.4 is 5.32 Å². The van der Waals surface area contributed by atoms with Crippen LogP contribution in [0.4, 0.5) is 0 Å². The lowest BCUT2D eigenvalue weighted by Gasteiger charge is -2.15. The number of nitrogens with zero attached hydrogens (tertiary/aromatic N) is 4. The van der Waals surface area contributed by atoms with Gasteiger partial charge in [0.05, 0.1) is 12.1 Å². The number of rotatable bonds is 1. The zero-order valence-electron chi connectivity index (χ0n) is 9.06. The van der Waals surface area contributed by atoms with E-state index in [4.69, 9.17) is 0 Å². The Bertz CT molecular complexity index is 305. The molecule has 1 atom stereocenters. The van der Waals surface area contributed by atoms with Crippen molar-refractivity contribution in [1.82, 2.24) is 20.2 Å².